The molecule has 0 radical (unpaired) electrons. The van der Waals surface area contributed by atoms with Gasteiger partial charge in [0.25, 0.3) is 0 Å². The molecule has 0 bridgehead atoms. The van der Waals surface area contributed by atoms with Gasteiger partial charge in [-0.25, -0.2) is 4.98 Å². The zero-order chi connectivity index (χ0) is 14.5. The molecule has 0 fully saturated rings. The van der Waals surface area contributed by atoms with Gasteiger partial charge in [0, 0.05) is 24.9 Å². The van der Waals surface area contributed by atoms with Crippen LogP contribution in [0.2, 0.25) is 0 Å². The summed E-state index contributed by atoms with van der Waals surface area (Å²) in [5.74, 6) is 1.41. The van der Waals surface area contributed by atoms with Crippen molar-refractivity contribution in [3.8, 4) is 0 Å². The first-order valence-electron chi connectivity index (χ1n) is 6.92. The highest BCUT2D eigenvalue weighted by atomic mass is 32.1. The minimum absolute atomic E-state index is 0.616. The number of rotatable bonds is 7. The highest BCUT2D eigenvalue weighted by Gasteiger charge is 2.09. The molecule has 3 aromatic rings. The number of nitrogens with one attached hydrogen (secondary N) is 3. The van der Waals surface area contributed by atoms with Crippen LogP contribution in [0.15, 0.2) is 17.1 Å². The average molecular weight is 303 g/mol. The lowest BCUT2D eigenvalue weighted by Crippen LogP contribution is -2.10. The number of aromatic nitrogens is 5. The predicted molar refractivity (Wildman–Crippen MR) is 84.8 cm³/mol. The number of hydrogen-bond acceptors (Lipinski definition) is 7. The maximum absolute atomic E-state index is 4.52. The van der Waals surface area contributed by atoms with Crippen LogP contribution in [0, 0.1) is 0 Å². The van der Waals surface area contributed by atoms with Crippen LogP contribution in [0.1, 0.15) is 19.0 Å². The van der Waals surface area contributed by atoms with Gasteiger partial charge in [0.15, 0.2) is 5.65 Å². The largest absolute Gasteiger partial charge is 0.369 e. The van der Waals surface area contributed by atoms with Crippen molar-refractivity contribution in [2.75, 3.05) is 23.7 Å². The Balaban J connectivity index is 1.74. The molecule has 3 N–H and O–H groups in total. The maximum Gasteiger partial charge on any atom is 0.226 e. The summed E-state index contributed by atoms with van der Waals surface area (Å²) in [5, 5.41) is 16.4. The molecule has 0 unspecified atom stereocenters. The van der Waals surface area contributed by atoms with Crippen molar-refractivity contribution in [1.29, 1.82) is 0 Å². The van der Waals surface area contributed by atoms with Gasteiger partial charge in [0.1, 0.15) is 5.82 Å². The topological polar surface area (TPSA) is 91.4 Å². The van der Waals surface area contributed by atoms with E-state index in [9.17, 15) is 0 Å². The Hall–Kier alpha value is -2.22. The van der Waals surface area contributed by atoms with E-state index in [0.29, 0.717) is 5.95 Å². The standard InChI is InChI=1S/C13H17N7S/c1-2-4-15-13-18-11(10-6-17-20-12(10)19-13)14-5-3-9-7-21-8-16-9/h6-8H,2-5H2,1H3,(H3,14,15,17,18,19,20). The van der Waals surface area contributed by atoms with E-state index in [1.54, 1.807) is 17.5 Å². The summed E-state index contributed by atoms with van der Waals surface area (Å²) in [6, 6.07) is 0. The monoisotopic (exact) mass is 303 g/mol. The Kier molecular flexibility index (Phi) is 4.25. The second-order valence-corrected chi connectivity index (χ2v) is 5.33. The third-order valence-corrected chi connectivity index (χ3v) is 3.64. The van der Waals surface area contributed by atoms with Crippen molar-refractivity contribution in [2.45, 2.75) is 19.8 Å². The normalized spacial score (nSPS) is 10.9. The van der Waals surface area contributed by atoms with Gasteiger partial charge in [-0.3, -0.25) is 5.10 Å². The van der Waals surface area contributed by atoms with Gasteiger partial charge < -0.3 is 10.6 Å². The van der Waals surface area contributed by atoms with E-state index in [1.165, 1.54) is 0 Å². The van der Waals surface area contributed by atoms with E-state index < -0.39 is 0 Å². The zero-order valence-corrected chi connectivity index (χ0v) is 12.6. The average Bonchev–Trinajstić information content (AvgIpc) is 3.15. The molecule has 110 valence electrons. The predicted octanol–water partition coefficient (Wildman–Crippen LogP) is 2.29. The van der Waals surface area contributed by atoms with Gasteiger partial charge in [-0.2, -0.15) is 15.1 Å². The molecular weight excluding hydrogens is 286 g/mol. The quantitative estimate of drug-likeness (QED) is 0.620. The highest BCUT2D eigenvalue weighted by Crippen LogP contribution is 2.19. The van der Waals surface area contributed by atoms with Gasteiger partial charge in [0.05, 0.1) is 22.8 Å². The second-order valence-electron chi connectivity index (χ2n) is 4.61. The smallest absolute Gasteiger partial charge is 0.226 e. The number of fused-ring (bicyclic) bond motifs is 1. The third kappa shape index (κ3) is 3.27. The van der Waals surface area contributed by atoms with Crippen molar-refractivity contribution in [1.82, 2.24) is 25.1 Å². The van der Waals surface area contributed by atoms with Crippen LogP contribution in [0.3, 0.4) is 0 Å². The lowest BCUT2D eigenvalue weighted by atomic mass is 10.3. The molecule has 0 amide bonds. The Labute approximate surface area is 126 Å². The molecule has 0 saturated carbocycles. The van der Waals surface area contributed by atoms with Crippen molar-refractivity contribution in [3.63, 3.8) is 0 Å². The Morgan fingerprint density at radius 1 is 1.24 bits per heavy atom. The van der Waals surface area contributed by atoms with Crippen LogP contribution in [-0.4, -0.2) is 38.2 Å². The molecule has 0 aliphatic rings. The number of anilines is 2. The molecule has 0 aromatic carbocycles. The van der Waals surface area contributed by atoms with Crippen LogP contribution in [0.4, 0.5) is 11.8 Å². The van der Waals surface area contributed by atoms with Crippen molar-refractivity contribution < 1.29 is 0 Å². The second kappa shape index (κ2) is 6.49. The Morgan fingerprint density at radius 2 is 2.19 bits per heavy atom. The highest BCUT2D eigenvalue weighted by molar-refractivity contribution is 7.07. The summed E-state index contributed by atoms with van der Waals surface area (Å²) in [5.41, 5.74) is 3.68. The first-order valence-corrected chi connectivity index (χ1v) is 7.87. The lowest BCUT2D eigenvalue weighted by molar-refractivity contribution is 0.946. The minimum atomic E-state index is 0.616. The first kappa shape index (κ1) is 13.7. The van der Waals surface area contributed by atoms with E-state index in [-0.39, 0.29) is 0 Å². The third-order valence-electron chi connectivity index (χ3n) is 3.00. The molecule has 0 atom stereocenters. The van der Waals surface area contributed by atoms with E-state index in [0.717, 1.165) is 48.5 Å². The van der Waals surface area contributed by atoms with Crippen molar-refractivity contribution in [3.05, 3.63) is 22.8 Å². The summed E-state index contributed by atoms with van der Waals surface area (Å²) in [7, 11) is 0. The Morgan fingerprint density at radius 3 is 3.00 bits per heavy atom. The fourth-order valence-electron chi connectivity index (χ4n) is 1.96. The van der Waals surface area contributed by atoms with Crippen LogP contribution in [0.5, 0.6) is 0 Å². The number of nitrogens with zero attached hydrogens (tertiary/aromatic N) is 4. The molecule has 0 saturated heterocycles. The van der Waals surface area contributed by atoms with Gasteiger partial charge in [-0.15, -0.1) is 11.3 Å². The number of aromatic amines is 1. The number of thiazole rings is 1. The molecule has 21 heavy (non-hydrogen) atoms. The van der Waals surface area contributed by atoms with E-state index >= 15 is 0 Å². The van der Waals surface area contributed by atoms with Crippen LogP contribution < -0.4 is 10.6 Å². The van der Waals surface area contributed by atoms with Crippen LogP contribution in [0.25, 0.3) is 11.0 Å². The Bertz CT molecular complexity index is 692. The fraction of sp³-hybridized carbons (Fsp3) is 0.385. The molecule has 8 heteroatoms. The van der Waals surface area contributed by atoms with Gasteiger partial charge in [-0.1, -0.05) is 6.92 Å². The van der Waals surface area contributed by atoms with Gasteiger partial charge in [-0.05, 0) is 6.42 Å². The van der Waals surface area contributed by atoms with Gasteiger partial charge >= 0.3 is 0 Å². The fourth-order valence-corrected chi connectivity index (χ4v) is 2.55. The summed E-state index contributed by atoms with van der Waals surface area (Å²) < 4.78 is 0. The van der Waals surface area contributed by atoms with E-state index in [2.05, 4.69) is 48.1 Å². The van der Waals surface area contributed by atoms with Crippen LogP contribution in [-0.2, 0) is 6.42 Å². The van der Waals surface area contributed by atoms with E-state index in [4.69, 9.17) is 0 Å². The molecule has 0 spiro atoms. The van der Waals surface area contributed by atoms with Gasteiger partial charge in [0.2, 0.25) is 5.95 Å². The number of H-pyrrole nitrogens is 1. The summed E-state index contributed by atoms with van der Waals surface area (Å²) in [4.78, 5) is 13.2. The van der Waals surface area contributed by atoms with E-state index in [1.807, 2.05) is 5.51 Å². The first-order chi connectivity index (χ1) is 10.4. The minimum Gasteiger partial charge on any atom is -0.369 e. The van der Waals surface area contributed by atoms with Crippen molar-refractivity contribution >= 4 is 34.1 Å². The molecule has 3 heterocycles. The molecule has 3 aromatic heterocycles. The lowest BCUT2D eigenvalue weighted by Gasteiger charge is -2.08. The van der Waals surface area contributed by atoms with Crippen molar-refractivity contribution in [2.24, 2.45) is 0 Å². The zero-order valence-electron chi connectivity index (χ0n) is 11.8. The summed E-state index contributed by atoms with van der Waals surface area (Å²) >= 11 is 1.61. The SMILES string of the molecule is CCCNc1nc(NCCc2cscn2)c2cn[nH]c2n1. The van der Waals surface area contributed by atoms with Crippen LogP contribution >= 0.6 is 11.3 Å². The molecule has 0 aliphatic carbocycles. The summed E-state index contributed by atoms with van der Waals surface area (Å²) in [6.45, 7) is 3.72. The maximum atomic E-state index is 4.52. The summed E-state index contributed by atoms with van der Waals surface area (Å²) in [6.07, 6.45) is 3.63. The number of hydrogen-bond donors (Lipinski definition) is 3. The molecular formula is C13H17N7S. The molecule has 7 nitrogen and oxygen atoms in total. The molecule has 3 rings (SSSR count). The molecule has 0 aliphatic heterocycles.